The lowest BCUT2D eigenvalue weighted by atomic mass is 10.2. The Hall–Kier alpha value is -1.53. The van der Waals surface area contributed by atoms with Gasteiger partial charge in [0.2, 0.25) is 11.8 Å². The van der Waals surface area contributed by atoms with E-state index in [1.165, 1.54) is 0 Å². The van der Waals surface area contributed by atoms with Crippen LogP contribution in [0.1, 0.15) is 26.7 Å². The Morgan fingerprint density at radius 3 is 2.35 bits per heavy atom. The topological polar surface area (TPSA) is 61.4 Å². The molecule has 0 aliphatic rings. The van der Waals surface area contributed by atoms with Gasteiger partial charge in [0.15, 0.2) is 0 Å². The third kappa shape index (κ3) is 7.05. The largest absolute Gasteiger partial charge is 0.352 e. The minimum atomic E-state index is -0.121. The molecule has 0 radical (unpaired) electrons. The summed E-state index contributed by atoms with van der Waals surface area (Å²) in [6, 6.07) is 7.88. The predicted molar refractivity (Wildman–Crippen MR) is 96.9 cm³/mol. The summed E-state index contributed by atoms with van der Waals surface area (Å²) in [5.41, 5.74) is 0.805. The van der Waals surface area contributed by atoms with Crippen LogP contribution in [-0.4, -0.2) is 49.1 Å². The van der Waals surface area contributed by atoms with E-state index < -0.39 is 0 Å². The minimum Gasteiger partial charge on any atom is -0.352 e. The normalized spacial score (nSPS) is 10.9. The molecule has 0 fully saturated rings. The van der Waals surface area contributed by atoms with Gasteiger partial charge in [-0.05, 0) is 38.3 Å². The van der Waals surface area contributed by atoms with Crippen LogP contribution in [0.25, 0.3) is 0 Å². The van der Waals surface area contributed by atoms with Crippen molar-refractivity contribution in [2.45, 2.75) is 37.6 Å². The van der Waals surface area contributed by atoms with Gasteiger partial charge in [-0.25, -0.2) is 0 Å². The van der Waals surface area contributed by atoms with Crippen LogP contribution in [0.2, 0.25) is 0 Å². The Kier molecular flexibility index (Phi) is 8.73. The molecule has 6 heteroatoms. The van der Waals surface area contributed by atoms with Crippen molar-refractivity contribution in [1.82, 2.24) is 10.2 Å². The fourth-order valence-electron chi connectivity index (χ4n) is 2.25. The molecule has 23 heavy (non-hydrogen) atoms. The highest BCUT2D eigenvalue weighted by atomic mass is 32.2. The van der Waals surface area contributed by atoms with E-state index in [1.807, 2.05) is 30.5 Å². The lowest BCUT2D eigenvalue weighted by Gasteiger charge is -2.19. The first kappa shape index (κ1) is 19.5. The molecular formula is C17H27N3O2S. The van der Waals surface area contributed by atoms with Crippen LogP contribution in [-0.2, 0) is 9.59 Å². The van der Waals surface area contributed by atoms with Crippen molar-refractivity contribution in [3.05, 3.63) is 24.3 Å². The van der Waals surface area contributed by atoms with Gasteiger partial charge in [-0.15, -0.1) is 11.8 Å². The maximum Gasteiger partial charge on any atom is 0.238 e. The Labute approximate surface area is 143 Å². The number of anilines is 1. The summed E-state index contributed by atoms with van der Waals surface area (Å²) in [5, 5.41) is 5.87. The van der Waals surface area contributed by atoms with Gasteiger partial charge in [0.25, 0.3) is 0 Å². The second kappa shape index (κ2) is 10.3. The molecule has 0 saturated heterocycles. The SMILES string of the molecule is CCC(CC)NC(=O)CN(C)CC(=O)Nc1ccccc1SC. The van der Waals surface area contributed by atoms with Gasteiger partial charge in [-0.3, -0.25) is 14.5 Å². The fraction of sp³-hybridized carbons (Fsp3) is 0.529. The summed E-state index contributed by atoms with van der Waals surface area (Å²) < 4.78 is 0. The van der Waals surface area contributed by atoms with E-state index in [2.05, 4.69) is 24.5 Å². The highest BCUT2D eigenvalue weighted by Gasteiger charge is 2.14. The standard InChI is InChI=1S/C17H27N3O2S/c1-5-13(6-2)18-16(21)11-20(3)12-17(22)19-14-9-7-8-10-15(14)23-4/h7-10,13H,5-6,11-12H2,1-4H3,(H,18,21)(H,19,22). The van der Waals surface area contributed by atoms with Crippen molar-refractivity contribution in [2.75, 3.05) is 31.7 Å². The lowest BCUT2D eigenvalue weighted by Crippen LogP contribution is -2.42. The van der Waals surface area contributed by atoms with Crippen LogP contribution in [0, 0.1) is 0 Å². The van der Waals surface area contributed by atoms with Gasteiger partial charge in [-0.2, -0.15) is 0 Å². The van der Waals surface area contributed by atoms with E-state index in [9.17, 15) is 9.59 Å². The number of hydrogen-bond acceptors (Lipinski definition) is 4. The molecule has 0 saturated carbocycles. The first-order valence-electron chi connectivity index (χ1n) is 7.90. The zero-order valence-corrected chi connectivity index (χ0v) is 15.2. The van der Waals surface area contributed by atoms with Crippen molar-refractivity contribution in [1.29, 1.82) is 0 Å². The fourth-order valence-corrected chi connectivity index (χ4v) is 2.80. The number of thioether (sulfide) groups is 1. The Morgan fingerprint density at radius 2 is 1.74 bits per heavy atom. The number of rotatable bonds is 9. The zero-order valence-electron chi connectivity index (χ0n) is 14.4. The summed E-state index contributed by atoms with van der Waals surface area (Å²) in [5.74, 6) is -0.164. The van der Waals surface area contributed by atoms with E-state index in [-0.39, 0.29) is 30.9 Å². The van der Waals surface area contributed by atoms with Gasteiger partial charge in [0.1, 0.15) is 0 Å². The molecule has 1 aromatic carbocycles. The monoisotopic (exact) mass is 337 g/mol. The van der Waals surface area contributed by atoms with E-state index >= 15 is 0 Å². The summed E-state index contributed by atoms with van der Waals surface area (Å²) in [6.07, 6.45) is 3.80. The molecule has 1 aromatic rings. The first-order chi connectivity index (χ1) is 11.0. The smallest absolute Gasteiger partial charge is 0.238 e. The number of nitrogens with zero attached hydrogens (tertiary/aromatic N) is 1. The Balaban J connectivity index is 2.46. The van der Waals surface area contributed by atoms with Crippen LogP contribution < -0.4 is 10.6 Å². The summed E-state index contributed by atoms with van der Waals surface area (Å²) in [4.78, 5) is 26.8. The second-order valence-corrected chi connectivity index (χ2v) is 6.35. The molecular weight excluding hydrogens is 310 g/mol. The van der Waals surface area contributed by atoms with Crippen LogP contribution >= 0.6 is 11.8 Å². The second-order valence-electron chi connectivity index (χ2n) is 5.50. The third-order valence-corrected chi connectivity index (χ3v) is 4.35. The first-order valence-corrected chi connectivity index (χ1v) is 9.13. The Morgan fingerprint density at radius 1 is 1.13 bits per heavy atom. The van der Waals surface area contributed by atoms with Gasteiger partial charge < -0.3 is 10.6 Å². The zero-order chi connectivity index (χ0) is 17.2. The van der Waals surface area contributed by atoms with E-state index in [0.717, 1.165) is 23.4 Å². The molecule has 0 aromatic heterocycles. The number of carbonyl (C=O) groups is 2. The van der Waals surface area contributed by atoms with Crippen molar-refractivity contribution >= 4 is 29.3 Å². The number of likely N-dealkylation sites (N-methyl/N-ethyl adjacent to an activating group) is 1. The lowest BCUT2D eigenvalue weighted by molar-refractivity contribution is -0.123. The van der Waals surface area contributed by atoms with Gasteiger partial charge in [-0.1, -0.05) is 26.0 Å². The average molecular weight is 337 g/mol. The third-order valence-electron chi connectivity index (χ3n) is 3.56. The summed E-state index contributed by atoms with van der Waals surface area (Å²) in [6.45, 7) is 4.50. The number of carbonyl (C=O) groups excluding carboxylic acids is 2. The molecule has 2 amide bonds. The number of hydrogen-bond donors (Lipinski definition) is 2. The van der Waals surface area contributed by atoms with E-state index in [4.69, 9.17) is 0 Å². The van der Waals surface area contributed by atoms with Gasteiger partial charge >= 0.3 is 0 Å². The highest BCUT2D eigenvalue weighted by molar-refractivity contribution is 7.98. The molecule has 0 spiro atoms. The molecule has 1 rings (SSSR count). The minimum absolute atomic E-state index is 0.0430. The molecule has 0 aliphatic carbocycles. The maximum absolute atomic E-state index is 12.1. The molecule has 0 atom stereocenters. The van der Waals surface area contributed by atoms with Crippen molar-refractivity contribution in [3.8, 4) is 0 Å². The molecule has 0 unspecified atom stereocenters. The number of benzene rings is 1. The molecule has 0 aliphatic heterocycles. The van der Waals surface area contributed by atoms with Crippen LogP contribution in [0.3, 0.4) is 0 Å². The van der Waals surface area contributed by atoms with Crippen molar-refractivity contribution < 1.29 is 9.59 Å². The van der Waals surface area contributed by atoms with Gasteiger partial charge in [0.05, 0.1) is 18.8 Å². The van der Waals surface area contributed by atoms with Crippen LogP contribution in [0.4, 0.5) is 5.69 Å². The van der Waals surface area contributed by atoms with Crippen LogP contribution in [0.5, 0.6) is 0 Å². The molecule has 0 heterocycles. The van der Waals surface area contributed by atoms with Gasteiger partial charge in [0, 0.05) is 10.9 Å². The molecule has 0 bridgehead atoms. The molecule has 128 valence electrons. The van der Waals surface area contributed by atoms with Crippen molar-refractivity contribution in [3.63, 3.8) is 0 Å². The average Bonchev–Trinajstić information content (AvgIpc) is 2.52. The van der Waals surface area contributed by atoms with E-state index in [0.29, 0.717) is 0 Å². The maximum atomic E-state index is 12.1. The number of amides is 2. The number of para-hydroxylation sites is 1. The summed E-state index contributed by atoms with van der Waals surface area (Å²) >= 11 is 1.59. The quantitative estimate of drug-likeness (QED) is 0.680. The number of nitrogens with one attached hydrogen (secondary N) is 2. The summed E-state index contributed by atoms with van der Waals surface area (Å²) in [7, 11) is 1.77. The Bertz CT molecular complexity index is 518. The van der Waals surface area contributed by atoms with Crippen molar-refractivity contribution in [2.24, 2.45) is 0 Å². The molecule has 5 nitrogen and oxygen atoms in total. The van der Waals surface area contributed by atoms with Crippen LogP contribution in [0.15, 0.2) is 29.2 Å². The van der Waals surface area contributed by atoms with E-state index in [1.54, 1.807) is 23.7 Å². The molecule has 2 N–H and O–H groups in total. The highest BCUT2D eigenvalue weighted by Crippen LogP contribution is 2.24. The predicted octanol–water partition coefficient (Wildman–Crippen LogP) is 2.58.